The zero-order valence-corrected chi connectivity index (χ0v) is 17.4. The zero-order chi connectivity index (χ0) is 20.2. The topological polar surface area (TPSA) is 58.1 Å². The molecule has 0 aliphatic rings. The third-order valence-electron chi connectivity index (χ3n) is 4.74. The Morgan fingerprint density at radius 2 is 1.76 bits per heavy atom. The Morgan fingerprint density at radius 1 is 1.00 bits per heavy atom. The molecule has 2 aromatic carbocycles. The molecule has 1 amide bonds. The van der Waals surface area contributed by atoms with Crippen molar-refractivity contribution in [2.45, 2.75) is 6.54 Å². The average molecular weight is 447 g/mol. The molecule has 0 atom stereocenters. The summed E-state index contributed by atoms with van der Waals surface area (Å²) in [4.78, 5) is 22.6. The number of carbonyl (C=O) groups is 1. The quantitative estimate of drug-likeness (QED) is 0.452. The Balaban J connectivity index is 1.46. The minimum Gasteiger partial charge on any atom is -0.380 e. The lowest BCUT2D eigenvalue weighted by Gasteiger charge is -2.18. The van der Waals surface area contributed by atoms with Crippen molar-refractivity contribution in [2.24, 2.45) is 0 Å². The molecule has 1 N–H and O–H groups in total. The smallest absolute Gasteiger partial charge is 0.258 e. The molecule has 29 heavy (non-hydrogen) atoms. The van der Waals surface area contributed by atoms with Crippen molar-refractivity contribution in [2.75, 3.05) is 17.3 Å². The first-order chi connectivity index (χ1) is 14.1. The average Bonchev–Trinajstić information content (AvgIpc) is 2.77. The van der Waals surface area contributed by atoms with Crippen LogP contribution in [0.5, 0.6) is 0 Å². The summed E-state index contributed by atoms with van der Waals surface area (Å²) < 4.78 is 1.01. The molecule has 5 nitrogen and oxygen atoms in total. The van der Waals surface area contributed by atoms with Gasteiger partial charge in [-0.3, -0.25) is 14.8 Å². The van der Waals surface area contributed by atoms with Gasteiger partial charge in [-0.05, 0) is 54.1 Å². The number of carbonyl (C=O) groups excluding carboxylic acids is 1. The summed E-state index contributed by atoms with van der Waals surface area (Å²) in [6.45, 7) is 0.678. The number of amides is 1. The Labute approximate surface area is 177 Å². The van der Waals surface area contributed by atoms with E-state index >= 15 is 0 Å². The summed E-state index contributed by atoms with van der Waals surface area (Å²) in [6, 6.07) is 19.4. The number of pyridine rings is 2. The molecule has 2 heterocycles. The van der Waals surface area contributed by atoms with E-state index in [4.69, 9.17) is 0 Å². The van der Waals surface area contributed by atoms with E-state index in [1.54, 1.807) is 42.7 Å². The predicted octanol–water partition coefficient (Wildman–Crippen LogP) is 5.28. The Bertz CT molecular complexity index is 1150. The maximum Gasteiger partial charge on any atom is 0.258 e. The van der Waals surface area contributed by atoms with Gasteiger partial charge in [-0.15, -0.1) is 0 Å². The summed E-state index contributed by atoms with van der Waals surface area (Å²) >= 11 is 3.48. The number of aromatic nitrogens is 2. The molecule has 4 rings (SSSR count). The van der Waals surface area contributed by atoms with Gasteiger partial charge in [0.25, 0.3) is 5.91 Å². The molecule has 0 saturated heterocycles. The number of benzene rings is 2. The van der Waals surface area contributed by atoms with Gasteiger partial charge in [0.15, 0.2) is 0 Å². The highest BCUT2D eigenvalue weighted by Gasteiger charge is 2.13. The van der Waals surface area contributed by atoms with Gasteiger partial charge in [-0.1, -0.05) is 28.1 Å². The first kappa shape index (κ1) is 19.1. The highest BCUT2D eigenvalue weighted by Crippen LogP contribution is 2.25. The van der Waals surface area contributed by atoms with E-state index < -0.39 is 0 Å². The summed E-state index contributed by atoms with van der Waals surface area (Å²) in [5.74, 6) is -0.0623. The molecule has 0 aliphatic heterocycles. The predicted molar refractivity (Wildman–Crippen MR) is 120 cm³/mol. The lowest BCUT2D eigenvalue weighted by atomic mass is 10.1. The third-order valence-corrected chi connectivity index (χ3v) is 5.24. The number of rotatable bonds is 5. The first-order valence-electron chi connectivity index (χ1n) is 9.17. The Hall–Kier alpha value is -3.25. The second-order valence-corrected chi connectivity index (χ2v) is 7.56. The number of nitrogens with zero attached hydrogens (tertiary/aromatic N) is 3. The number of nitrogens with one attached hydrogen (secondary N) is 1. The number of hydrogen-bond acceptors (Lipinski definition) is 4. The van der Waals surface area contributed by atoms with Crippen LogP contribution in [0, 0.1) is 0 Å². The Kier molecular flexibility index (Phi) is 5.53. The summed E-state index contributed by atoms with van der Waals surface area (Å²) in [5, 5.41) is 4.56. The molecule has 144 valence electrons. The van der Waals surface area contributed by atoms with Crippen molar-refractivity contribution < 1.29 is 4.79 Å². The van der Waals surface area contributed by atoms with Crippen LogP contribution in [0.4, 0.5) is 11.4 Å². The number of hydrogen-bond donors (Lipinski definition) is 1. The van der Waals surface area contributed by atoms with Crippen LogP contribution in [0.1, 0.15) is 15.9 Å². The van der Waals surface area contributed by atoms with Gasteiger partial charge in [0.1, 0.15) is 0 Å². The highest BCUT2D eigenvalue weighted by molar-refractivity contribution is 9.10. The van der Waals surface area contributed by atoms with E-state index in [2.05, 4.69) is 37.3 Å². The van der Waals surface area contributed by atoms with Gasteiger partial charge >= 0.3 is 0 Å². The lowest BCUT2D eigenvalue weighted by molar-refractivity contribution is 0.0993. The van der Waals surface area contributed by atoms with Crippen molar-refractivity contribution in [3.05, 3.63) is 94.9 Å². The standard InChI is InChI=1S/C23H19BrN4O/c1-28(23(29)17-8-11-25-12-9-17)19-5-2-16(3-6-19)15-27-21-10-13-26-22-14-18(24)4-7-20(21)22/h2-14H,15H2,1H3,(H,26,27). The van der Waals surface area contributed by atoms with Gasteiger partial charge in [0.05, 0.1) is 5.52 Å². The summed E-state index contributed by atoms with van der Waals surface area (Å²) in [5.41, 5.74) is 4.56. The van der Waals surface area contributed by atoms with E-state index in [-0.39, 0.29) is 5.91 Å². The van der Waals surface area contributed by atoms with Crippen LogP contribution < -0.4 is 10.2 Å². The van der Waals surface area contributed by atoms with E-state index in [0.29, 0.717) is 12.1 Å². The highest BCUT2D eigenvalue weighted by atomic mass is 79.9. The van der Waals surface area contributed by atoms with Crippen molar-refractivity contribution in [1.29, 1.82) is 0 Å². The fourth-order valence-corrected chi connectivity index (χ4v) is 3.46. The molecule has 0 bridgehead atoms. The van der Waals surface area contributed by atoms with E-state index in [1.807, 2.05) is 42.5 Å². The largest absolute Gasteiger partial charge is 0.380 e. The van der Waals surface area contributed by atoms with Gasteiger partial charge < -0.3 is 10.2 Å². The fourth-order valence-electron chi connectivity index (χ4n) is 3.12. The summed E-state index contributed by atoms with van der Waals surface area (Å²) in [7, 11) is 1.78. The Morgan fingerprint density at radius 3 is 2.52 bits per heavy atom. The molecule has 2 aromatic heterocycles. The molecule has 4 aromatic rings. The number of fused-ring (bicyclic) bond motifs is 1. The lowest BCUT2D eigenvalue weighted by Crippen LogP contribution is -2.26. The second-order valence-electron chi connectivity index (χ2n) is 6.64. The van der Waals surface area contributed by atoms with Crippen LogP contribution in [0.15, 0.2) is 83.7 Å². The fraction of sp³-hybridized carbons (Fsp3) is 0.0870. The van der Waals surface area contributed by atoms with Crippen molar-refractivity contribution >= 4 is 44.1 Å². The third kappa shape index (κ3) is 4.27. The van der Waals surface area contributed by atoms with Crippen LogP contribution >= 0.6 is 15.9 Å². The van der Waals surface area contributed by atoms with Crippen LogP contribution in [-0.4, -0.2) is 22.9 Å². The van der Waals surface area contributed by atoms with Crippen LogP contribution in [0.2, 0.25) is 0 Å². The minimum absolute atomic E-state index is 0.0623. The first-order valence-corrected chi connectivity index (χ1v) is 9.96. The normalized spacial score (nSPS) is 10.7. The van der Waals surface area contributed by atoms with Gasteiger partial charge in [0, 0.05) is 59.0 Å². The van der Waals surface area contributed by atoms with E-state index in [0.717, 1.165) is 32.3 Å². The molecule has 0 aliphatic carbocycles. The van der Waals surface area contributed by atoms with Crippen LogP contribution in [0.25, 0.3) is 10.9 Å². The monoisotopic (exact) mass is 446 g/mol. The SMILES string of the molecule is CN(C(=O)c1ccncc1)c1ccc(CNc2ccnc3cc(Br)ccc23)cc1. The van der Waals surface area contributed by atoms with E-state index in [9.17, 15) is 4.79 Å². The molecule has 0 fully saturated rings. The van der Waals surface area contributed by atoms with Crippen molar-refractivity contribution in [1.82, 2.24) is 9.97 Å². The molecular weight excluding hydrogens is 428 g/mol. The van der Waals surface area contributed by atoms with Crippen LogP contribution in [-0.2, 0) is 6.54 Å². The van der Waals surface area contributed by atoms with Gasteiger partial charge in [0.2, 0.25) is 0 Å². The maximum atomic E-state index is 12.6. The molecule has 0 saturated carbocycles. The van der Waals surface area contributed by atoms with Gasteiger partial charge in [-0.2, -0.15) is 0 Å². The zero-order valence-electron chi connectivity index (χ0n) is 15.8. The van der Waals surface area contributed by atoms with E-state index in [1.165, 1.54) is 0 Å². The molecular formula is C23H19BrN4O. The summed E-state index contributed by atoms with van der Waals surface area (Å²) in [6.07, 6.45) is 5.05. The molecule has 0 radical (unpaired) electrons. The minimum atomic E-state index is -0.0623. The molecule has 6 heteroatoms. The number of anilines is 2. The molecule has 0 spiro atoms. The van der Waals surface area contributed by atoms with Crippen molar-refractivity contribution in [3.8, 4) is 0 Å². The molecule has 0 unspecified atom stereocenters. The number of halogens is 1. The van der Waals surface area contributed by atoms with Gasteiger partial charge in [-0.25, -0.2) is 0 Å². The van der Waals surface area contributed by atoms with Crippen molar-refractivity contribution in [3.63, 3.8) is 0 Å². The maximum absolute atomic E-state index is 12.6. The second kappa shape index (κ2) is 8.41. The van der Waals surface area contributed by atoms with Crippen LogP contribution in [0.3, 0.4) is 0 Å².